The van der Waals surface area contributed by atoms with E-state index < -0.39 is 5.97 Å². The lowest BCUT2D eigenvalue weighted by molar-refractivity contribution is 0.0696. The van der Waals surface area contributed by atoms with Crippen LogP contribution in [0.25, 0.3) is 0 Å². The molecule has 1 N–H and O–H groups in total. The highest BCUT2D eigenvalue weighted by atomic mass is 127. The minimum atomic E-state index is -0.913. The first-order valence-corrected chi connectivity index (χ1v) is 6.40. The number of hydrogen-bond acceptors (Lipinski definition) is 2. The van der Waals surface area contributed by atoms with Crippen LogP contribution in [-0.2, 0) is 0 Å². The second-order valence-corrected chi connectivity index (χ2v) is 5.19. The van der Waals surface area contributed by atoms with E-state index >= 15 is 0 Å². The molecule has 0 amide bonds. The molecule has 0 aliphatic heterocycles. The molecule has 0 spiro atoms. The van der Waals surface area contributed by atoms with E-state index in [9.17, 15) is 4.79 Å². The highest BCUT2D eigenvalue weighted by Crippen LogP contribution is 2.32. The second kappa shape index (κ2) is 5.03. The van der Waals surface area contributed by atoms with Gasteiger partial charge in [-0.3, -0.25) is 0 Å². The summed E-state index contributed by atoms with van der Waals surface area (Å²) in [6.45, 7) is 0.684. The Balaban J connectivity index is 1.99. The maximum atomic E-state index is 10.8. The standard InChI is InChI=1S/C12H13IO3/c13-10-4-3-9(12(14)15)7-11(10)16-6-5-8-1-2-8/h3-4,7-8H,1-2,5-6H2,(H,14,15). The average molecular weight is 332 g/mol. The zero-order valence-electron chi connectivity index (χ0n) is 8.78. The fourth-order valence-electron chi connectivity index (χ4n) is 1.49. The van der Waals surface area contributed by atoms with Crippen molar-refractivity contribution < 1.29 is 14.6 Å². The van der Waals surface area contributed by atoms with Crippen LogP contribution in [0.5, 0.6) is 5.75 Å². The molecular formula is C12H13IO3. The number of carbonyl (C=O) groups is 1. The molecule has 0 saturated heterocycles. The molecule has 1 saturated carbocycles. The maximum absolute atomic E-state index is 10.8. The predicted molar refractivity (Wildman–Crippen MR) is 69.0 cm³/mol. The molecule has 4 heteroatoms. The van der Waals surface area contributed by atoms with Crippen LogP contribution in [0.2, 0.25) is 0 Å². The van der Waals surface area contributed by atoms with E-state index in [0.29, 0.717) is 12.4 Å². The minimum Gasteiger partial charge on any atom is -0.492 e. The number of carboxylic acid groups (broad SMARTS) is 1. The molecule has 1 aromatic carbocycles. The van der Waals surface area contributed by atoms with Gasteiger partial charge in [-0.2, -0.15) is 0 Å². The van der Waals surface area contributed by atoms with Crippen LogP contribution in [-0.4, -0.2) is 17.7 Å². The monoisotopic (exact) mass is 332 g/mol. The second-order valence-electron chi connectivity index (χ2n) is 4.03. The van der Waals surface area contributed by atoms with Gasteiger partial charge in [0.25, 0.3) is 0 Å². The van der Waals surface area contributed by atoms with E-state index in [-0.39, 0.29) is 5.56 Å². The Bertz CT molecular complexity index is 399. The van der Waals surface area contributed by atoms with E-state index in [1.807, 2.05) is 0 Å². The number of rotatable bonds is 5. The Kier molecular flexibility index (Phi) is 3.68. The lowest BCUT2D eigenvalue weighted by atomic mass is 10.2. The smallest absolute Gasteiger partial charge is 0.335 e. The van der Waals surface area contributed by atoms with Crippen molar-refractivity contribution in [2.45, 2.75) is 19.3 Å². The van der Waals surface area contributed by atoms with E-state index in [0.717, 1.165) is 15.9 Å². The third kappa shape index (κ3) is 3.10. The molecule has 2 rings (SSSR count). The van der Waals surface area contributed by atoms with Crippen LogP contribution < -0.4 is 4.74 Å². The summed E-state index contributed by atoms with van der Waals surface area (Å²) in [6.07, 6.45) is 3.71. The fraction of sp³-hybridized carbons (Fsp3) is 0.417. The SMILES string of the molecule is O=C(O)c1ccc(I)c(OCCC2CC2)c1. The van der Waals surface area contributed by atoms with Gasteiger partial charge in [0.05, 0.1) is 15.7 Å². The van der Waals surface area contributed by atoms with Crippen molar-refractivity contribution >= 4 is 28.6 Å². The summed E-state index contributed by atoms with van der Waals surface area (Å²) in [5.74, 6) is 0.602. The van der Waals surface area contributed by atoms with Crippen LogP contribution in [0.15, 0.2) is 18.2 Å². The predicted octanol–water partition coefficient (Wildman–Crippen LogP) is 3.17. The quantitative estimate of drug-likeness (QED) is 0.843. The first kappa shape index (κ1) is 11.7. The summed E-state index contributed by atoms with van der Waals surface area (Å²) in [4.78, 5) is 10.8. The molecule has 0 unspecified atom stereocenters. The molecule has 3 nitrogen and oxygen atoms in total. The maximum Gasteiger partial charge on any atom is 0.335 e. The summed E-state index contributed by atoms with van der Waals surface area (Å²) in [5, 5.41) is 8.87. The molecule has 0 radical (unpaired) electrons. The molecule has 1 aromatic rings. The van der Waals surface area contributed by atoms with Gasteiger partial charge in [0.2, 0.25) is 0 Å². The lowest BCUT2D eigenvalue weighted by Gasteiger charge is -2.08. The minimum absolute atomic E-state index is 0.279. The Labute approximate surface area is 108 Å². The van der Waals surface area contributed by atoms with Crippen molar-refractivity contribution in [2.75, 3.05) is 6.61 Å². The summed E-state index contributed by atoms with van der Waals surface area (Å²) in [7, 11) is 0. The van der Waals surface area contributed by atoms with Crippen LogP contribution in [0.3, 0.4) is 0 Å². The summed E-state index contributed by atoms with van der Waals surface area (Å²) in [6, 6.07) is 4.96. The third-order valence-corrected chi connectivity index (χ3v) is 3.55. The Morgan fingerprint density at radius 1 is 1.50 bits per heavy atom. The molecule has 0 aromatic heterocycles. The molecule has 1 fully saturated rings. The van der Waals surface area contributed by atoms with Crippen LogP contribution in [0.4, 0.5) is 0 Å². The normalized spacial score (nSPS) is 14.8. The average Bonchev–Trinajstić information content (AvgIpc) is 3.04. The highest BCUT2D eigenvalue weighted by Gasteiger charge is 2.20. The first-order chi connectivity index (χ1) is 7.66. The van der Waals surface area contributed by atoms with Crippen molar-refractivity contribution in [1.29, 1.82) is 0 Å². The van der Waals surface area contributed by atoms with E-state index in [1.54, 1.807) is 18.2 Å². The van der Waals surface area contributed by atoms with Gasteiger partial charge < -0.3 is 9.84 Å². The molecule has 86 valence electrons. The Morgan fingerprint density at radius 2 is 2.25 bits per heavy atom. The fourth-order valence-corrected chi connectivity index (χ4v) is 1.98. The van der Waals surface area contributed by atoms with Crippen LogP contribution >= 0.6 is 22.6 Å². The van der Waals surface area contributed by atoms with E-state index in [2.05, 4.69) is 22.6 Å². The molecule has 1 aliphatic rings. The van der Waals surface area contributed by atoms with Gasteiger partial charge in [-0.1, -0.05) is 12.8 Å². The lowest BCUT2D eigenvalue weighted by Crippen LogP contribution is -2.02. The summed E-state index contributed by atoms with van der Waals surface area (Å²) in [5.41, 5.74) is 0.279. The third-order valence-electron chi connectivity index (χ3n) is 2.66. The zero-order valence-corrected chi connectivity index (χ0v) is 10.9. The molecule has 0 bridgehead atoms. The summed E-state index contributed by atoms with van der Waals surface area (Å²) < 4.78 is 6.56. The number of benzene rings is 1. The number of halogens is 1. The number of carboxylic acids is 1. The number of aromatic carboxylic acids is 1. The van der Waals surface area contributed by atoms with E-state index in [1.165, 1.54) is 12.8 Å². The molecule has 0 heterocycles. The molecule has 16 heavy (non-hydrogen) atoms. The van der Waals surface area contributed by atoms with E-state index in [4.69, 9.17) is 9.84 Å². The van der Waals surface area contributed by atoms with Gasteiger partial charge in [0.15, 0.2) is 0 Å². The van der Waals surface area contributed by atoms with Gasteiger partial charge >= 0.3 is 5.97 Å². The van der Waals surface area contributed by atoms with Crippen molar-refractivity contribution in [3.05, 3.63) is 27.3 Å². The van der Waals surface area contributed by atoms with Crippen molar-refractivity contribution in [2.24, 2.45) is 5.92 Å². The highest BCUT2D eigenvalue weighted by molar-refractivity contribution is 14.1. The number of hydrogen-bond donors (Lipinski definition) is 1. The van der Waals surface area contributed by atoms with Gasteiger partial charge in [-0.15, -0.1) is 0 Å². The Hall–Kier alpha value is -0.780. The molecule has 0 atom stereocenters. The largest absolute Gasteiger partial charge is 0.492 e. The van der Waals surface area contributed by atoms with Gasteiger partial charge in [-0.05, 0) is 53.1 Å². The van der Waals surface area contributed by atoms with Gasteiger partial charge in [0, 0.05) is 0 Å². The molecule has 1 aliphatic carbocycles. The Morgan fingerprint density at radius 3 is 2.88 bits per heavy atom. The van der Waals surface area contributed by atoms with Crippen molar-refractivity contribution in [3.63, 3.8) is 0 Å². The zero-order chi connectivity index (χ0) is 11.5. The summed E-state index contributed by atoms with van der Waals surface area (Å²) >= 11 is 2.16. The van der Waals surface area contributed by atoms with Crippen molar-refractivity contribution in [3.8, 4) is 5.75 Å². The first-order valence-electron chi connectivity index (χ1n) is 5.32. The molecular weight excluding hydrogens is 319 g/mol. The van der Waals surface area contributed by atoms with Gasteiger partial charge in [0.1, 0.15) is 5.75 Å². The van der Waals surface area contributed by atoms with Gasteiger partial charge in [-0.25, -0.2) is 4.79 Å². The van der Waals surface area contributed by atoms with Crippen LogP contribution in [0, 0.1) is 9.49 Å². The van der Waals surface area contributed by atoms with Crippen molar-refractivity contribution in [1.82, 2.24) is 0 Å². The number of ether oxygens (including phenoxy) is 1. The topological polar surface area (TPSA) is 46.5 Å². The van der Waals surface area contributed by atoms with Crippen LogP contribution in [0.1, 0.15) is 29.6 Å².